The first-order chi connectivity index (χ1) is 17.9. The van der Waals surface area contributed by atoms with Crippen LogP contribution in [0.15, 0.2) is 63.9 Å². The summed E-state index contributed by atoms with van der Waals surface area (Å²) in [5.41, 5.74) is 12.9. The molecule has 186 valence electrons. The molecule has 0 saturated heterocycles. The van der Waals surface area contributed by atoms with Crippen LogP contribution in [0.3, 0.4) is 0 Å². The van der Waals surface area contributed by atoms with Gasteiger partial charge in [-0.3, -0.25) is 9.51 Å². The fourth-order valence-electron chi connectivity index (χ4n) is 5.75. The number of benzene rings is 3. The number of allylic oxidation sites excluding steroid dienone is 1. The number of aromatic amines is 1. The average Bonchev–Trinajstić information content (AvgIpc) is 3.43. The van der Waals surface area contributed by atoms with Crippen molar-refractivity contribution >= 4 is 22.2 Å². The Morgan fingerprint density at radius 2 is 1.81 bits per heavy atom. The number of nitrogens with zero attached hydrogens (tertiary/aromatic N) is 3. The molecule has 3 aromatic carbocycles. The van der Waals surface area contributed by atoms with E-state index in [0.29, 0.717) is 5.82 Å². The summed E-state index contributed by atoms with van der Waals surface area (Å²) in [6.45, 7) is 9.23. The van der Waals surface area contributed by atoms with E-state index in [0.717, 1.165) is 48.3 Å². The van der Waals surface area contributed by atoms with Crippen LogP contribution in [0.25, 0.3) is 22.2 Å². The quantitative estimate of drug-likeness (QED) is 0.334. The monoisotopic (exact) mass is 490 g/mol. The molecule has 0 fully saturated rings. The van der Waals surface area contributed by atoms with Crippen LogP contribution >= 0.6 is 0 Å². The van der Waals surface area contributed by atoms with Crippen LogP contribution in [-0.4, -0.2) is 19.7 Å². The molecule has 5 aromatic rings. The van der Waals surface area contributed by atoms with Crippen molar-refractivity contribution in [3.05, 3.63) is 116 Å². The second kappa shape index (κ2) is 9.04. The number of rotatable bonds is 4. The molecule has 6 rings (SSSR count). The van der Waals surface area contributed by atoms with E-state index in [-0.39, 0.29) is 0 Å². The molecule has 6 heteroatoms. The van der Waals surface area contributed by atoms with E-state index < -0.39 is 5.76 Å². The summed E-state index contributed by atoms with van der Waals surface area (Å²) in [7, 11) is 0. The molecule has 0 atom stereocenters. The lowest BCUT2D eigenvalue weighted by Gasteiger charge is -2.16. The van der Waals surface area contributed by atoms with Crippen LogP contribution in [-0.2, 0) is 25.8 Å². The molecule has 1 N–H and O–H groups in total. The predicted octanol–water partition coefficient (Wildman–Crippen LogP) is 6.02. The Bertz CT molecular complexity index is 1750. The minimum Gasteiger partial charge on any atom is -0.323 e. The van der Waals surface area contributed by atoms with Gasteiger partial charge in [-0.1, -0.05) is 60.6 Å². The number of fused-ring (bicyclic) bond motifs is 3. The highest BCUT2D eigenvalue weighted by atomic mass is 16.5. The standard InChI is InChI=1S/C31H30N4O2/c1-5-27-32-29-19(3)14-18(2)15-26(29)35(27)17-21-10-13-25-23(16-21)12-11-22-8-6-7-9-24(22)28(25)20(4)30-33-31(36)37-34-30/h6-10,13-16H,5,11-12,17H2,1-4H3,(H,33,34,36). The molecule has 37 heavy (non-hydrogen) atoms. The summed E-state index contributed by atoms with van der Waals surface area (Å²) in [5, 5.41) is 3.99. The molecule has 0 radical (unpaired) electrons. The van der Waals surface area contributed by atoms with Gasteiger partial charge >= 0.3 is 5.76 Å². The minimum absolute atomic E-state index is 0.468. The Labute approximate surface area is 215 Å². The van der Waals surface area contributed by atoms with Gasteiger partial charge in [0.15, 0.2) is 5.82 Å². The zero-order valence-corrected chi connectivity index (χ0v) is 21.7. The van der Waals surface area contributed by atoms with Crippen LogP contribution in [0, 0.1) is 13.8 Å². The first kappa shape index (κ1) is 23.2. The number of imidazole rings is 1. The second-order valence-corrected chi connectivity index (χ2v) is 10.0. The molecule has 0 amide bonds. The van der Waals surface area contributed by atoms with Crippen LogP contribution in [0.2, 0.25) is 0 Å². The normalized spacial score (nSPS) is 14.4. The lowest BCUT2D eigenvalue weighted by atomic mass is 9.89. The third kappa shape index (κ3) is 4.02. The number of aromatic nitrogens is 4. The van der Waals surface area contributed by atoms with Gasteiger partial charge < -0.3 is 4.57 Å². The Morgan fingerprint density at radius 1 is 1.03 bits per heavy atom. The number of aryl methyl sites for hydroxylation is 5. The maximum absolute atomic E-state index is 11.7. The van der Waals surface area contributed by atoms with Crippen molar-refractivity contribution in [1.29, 1.82) is 0 Å². The van der Waals surface area contributed by atoms with Crippen molar-refractivity contribution in [3.63, 3.8) is 0 Å². The molecular weight excluding hydrogens is 460 g/mol. The van der Waals surface area contributed by atoms with E-state index in [1.54, 1.807) is 0 Å². The SMILES string of the molecule is CCc1nc2c(C)cc(C)cc2n1Cc1ccc2c(c1)CCc1ccccc1C2=C(C)c1noc(=O)[nH]1. The van der Waals surface area contributed by atoms with Crippen molar-refractivity contribution < 1.29 is 4.52 Å². The largest absolute Gasteiger partial charge is 0.439 e. The molecule has 0 saturated carbocycles. The molecule has 1 aliphatic carbocycles. The van der Waals surface area contributed by atoms with E-state index in [2.05, 4.69) is 90.1 Å². The van der Waals surface area contributed by atoms with E-state index in [9.17, 15) is 4.79 Å². The van der Waals surface area contributed by atoms with Crippen molar-refractivity contribution in [3.8, 4) is 0 Å². The van der Waals surface area contributed by atoms with E-state index >= 15 is 0 Å². The van der Waals surface area contributed by atoms with Crippen LogP contribution in [0.1, 0.15) is 64.4 Å². The fourth-order valence-corrected chi connectivity index (χ4v) is 5.75. The van der Waals surface area contributed by atoms with Gasteiger partial charge in [-0.2, -0.15) is 0 Å². The number of nitrogens with one attached hydrogen (secondary N) is 1. The molecule has 6 nitrogen and oxygen atoms in total. The highest BCUT2D eigenvalue weighted by Gasteiger charge is 2.22. The molecule has 2 aromatic heterocycles. The van der Waals surface area contributed by atoms with Crippen molar-refractivity contribution in [2.75, 3.05) is 0 Å². The van der Waals surface area contributed by atoms with Crippen molar-refractivity contribution in [2.45, 2.75) is 53.5 Å². The van der Waals surface area contributed by atoms with Crippen molar-refractivity contribution in [1.82, 2.24) is 19.7 Å². The molecule has 1 aliphatic rings. The Balaban J connectivity index is 1.49. The Kier molecular flexibility index (Phi) is 5.67. The van der Waals surface area contributed by atoms with Gasteiger partial charge in [-0.25, -0.2) is 9.78 Å². The maximum atomic E-state index is 11.7. The molecule has 0 bridgehead atoms. The lowest BCUT2D eigenvalue weighted by Crippen LogP contribution is -2.06. The first-order valence-corrected chi connectivity index (χ1v) is 12.9. The highest BCUT2D eigenvalue weighted by molar-refractivity contribution is 5.98. The molecule has 0 aliphatic heterocycles. The van der Waals surface area contributed by atoms with Gasteiger partial charge in [0.25, 0.3) is 0 Å². The van der Waals surface area contributed by atoms with Crippen LogP contribution in [0.5, 0.6) is 0 Å². The van der Waals surface area contributed by atoms with Gasteiger partial charge in [-0.15, -0.1) is 0 Å². The summed E-state index contributed by atoms with van der Waals surface area (Å²) >= 11 is 0. The number of hydrogen-bond donors (Lipinski definition) is 1. The first-order valence-electron chi connectivity index (χ1n) is 12.9. The van der Waals surface area contributed by atoms with Crippen LogP contribution < -0.4 is 5.76 Å². The summed E-state index contributed by atoms with van der Waals surface area (Å²) in [5.74, 6) is 1.03. The fraction of sp³-hybridized carbons (Fsp3) is 0.258. The van der Waals surface area contributed by atoms with Gasteiger partial charge in [0.1, 0.15) is 5.82 Å². The lowest BCUT2D eigenvalue weighted by molar-refractivity contribution is 0.385. The van der Waals surface area contributed by atoms with Gasteiger partial charge in [0.05, 0.1) is 11.0 Å². The van der Waals surface area contributed by atoms with Gasteiger partial charge in [0.2, 0.25) is 0 Å². The van der Waals surface area contributed by atoms with E-state index in [1.165, 1.54) is 44.5 Å². The van der Waals surface area contributed by atoms with E-state index in [4.69, 9.17) is 9.51 Å². The van der Waals surface area contributed by atoms with Crippen molar-refractivity contribution in [2.24, 2.45) is 0 Å². The average molecular weight is 491 g/mol. The Hall–Kier alpha value is -4.19. The van der Waals surface area contributed by atoms with E-state index in [1.807, 2.05) is 6.92 Å². The summed E-state index contributed by atoms with van der Waals surface area (Å²) in [4.78, 5) is 19.4. The summed E-state index contributed by atoms with van der Waals surface area (Å²) in [6, 6.07) is 19.7. The molecule has 2 heterocycles. The molecule has 0 unspecified atom stereocenters. The minimum atomic E-state index is -0.544. The summed E-state index contributed by atoms with van der Waals surface area (Å²) in [6.07, 6.45) is 2.77. The predicted molar refractivity (Wildman–Crippen MR) is 147 cm³/mol. The van der Waals surface area contributed by atoms with Gasteiger partial charge in [-0.05, 0) is 84.2 Å². The third-order valence-corrected chi connectivity index (χ3v) is 7.48. The Morgan fingerprint density at radius 3 is 2.59 bits per heavy atom. The smallest absolute Gasteiger partial charge is 0.323 e. The third-order valence-electron chi connectivity index (χ3n) is 7.48. The molecule has 0 spiro atoms. The highest BCUT2D eigenvalue weighted by Crippen LogP contribution is 2.38. The summed E-state index contributed by atoms with van der Waals surface area (Å²) < 4.78 is 7.20. The number of H-pyrrole nitrogens is 1. The van der Waals surface area contributed by atoms with Crippen LogP contribution in [0.4, 0.5) is 0 Å². The van der Waals surface area contributed by atoms with Gasteiger partial charge in [0, 0.05) is 18.5 Å². The topological polar surface area (TPSA) is 76.7 Å². The zero-order valence-electron chi connectivity index (χ0n) is 21.7. The molecular formula is C31H30N4O2. The zero-order chi connectivity index (χ0) is 25.7. The second-order valence-electron chi connectivity index (χ2n) is 10.0. The maximum Gasteiger partial charge on any atom is 0.439 e. The number of hydrogen-bond acceptors (Lipinski definition) is 4.